The summed E-state index contributed by atoms with van der Waals surface area (Å²) in [5, 5.41) is 57.6. The topological polar surface area (TPSA) is 326 Å². The molecule has 2 fully saturated rings. The number of nitrogens with zero attached hydrogens (tertiary/aromatic N) is 2. The van der Waals surface area contributed by atoms with Crippen LogP contribution in [0.25, 0.3) is 0 Å². The number of ether oxygens (including phenoxy) is 3. The van der Waals surface area contributed by atoms with Crippen LogP contribution in [0.4, 0.5) is 5.82 Å². The first-order valence-electron chi connectivity index (χ1n) is 26.8. The lowest BCUT2D eigenvalue weighted by Gasteiger charge is -2.41. The summed E-state index contributed by atoms with van der Waals surface area (Å²) >= 11 is 0. The smallest absolute Gasteiger partial charge is 0.462 e. The number of hydrogen-bond acceptors (Lipinski definition) is 18. The van der Waals surface area contributed by atoms with Crippen molar-refractivity contribution in [2.75, 3.05) is 25.6 Å². The van der Waals surface area contributed by atoms with Gasteiger partial charge in [0.25, 0.3) is 0 Å². The number of phosphoric ester groups is 2. The standard InChI is InChI=1S/C50H89N3O18P2/c1-4-5-18-24-37(54)28-29-39-41(55)32-42(56)40-25-20-16-17-21-26-45(57)66-33-38(69-46(58)27-22-15-13-11-9-7-6-8-10-12-14-19-23-36(2)3)34-67-72(62,63)71-73(64,65)68-35-43(48(60)47(39)59)70-49(40)53-31-30-44(51)52-50(53)61/h28-31,36-43,47-49,54-56,59-60H,4-27,32-35H2,1-3H3,(H,62,63)(H,64,65)(H2,51,52,61)/b29-28+/t37-,38+,39-,40-,41+,42-,43+,47-,48+,49+/m0/s1. The lowest BCUT2D eigenvalue weighted by Crippen LogP contribution is -2.52. The molecule has 0 spiro atoms. The highest BCUT2D eigenvalue weighted by atomic mass is 31.3. The van der Waals surface area contributed by atoms with E-state index in [0.29, 0.717) is 44.9 Å². The minimum Gasteiger partial charge on any atom is -0.462 e. The first-order chi connectivity index (χ1) is 34.7. The Morgan fingerprint density at radius 1 is 0.822 bits per heavy atom. The molecule has 422 valence electrons. The molecule has 2 saturated heterocycles. The number of carbonyl (C=O) groups is 2. The van der Waals surface area contributed by atoms with E-state index in [1.807, 2.05) is 6.92 Å². The van der Waals surface area contributed by atoms with E-state index in [4.69, 9.17) is 29.0 Å². The van der Waals surface area contributed by atoms with Crippen molar-refractivity contribution in [2.24, 2.45) is 17.8 Å². The summed E-state index contributed by atoms with van der Waals surface area (Å²) in [6, 6.07) is 1.26. The Morgan fingerprint density at radius 3 is 2.05 bits per heavy atom. The number of nitrogen functional groups attached to an aromatic ring is 1. The molecule has 0 aromatic carbocycles. The molecule has 21 nitrogen and oxygen atoms in total. The lowest BCUT2D eigenvalue weighted by molar-refractivity contribution is -0.195. The summed E-state index contributed by atoms with van der Waals surface area (Å²) in [4.78, 5) is 64.3. The molecule has 2 bridgehead atoms. The largest absolute Gasteiger partial charge is 0.481 e. The molecule has 3 heterocycles. The fraction of sp³-hybridized carbons (Fsp3) is 0.840. The molecule has 2 unspecified atom stereocenters. The van der Waals surface area contributed by atoms with Gasteiger partial charge in [-0.2, -0.15) is 9.29 Å². The molecule has 1 aromatic rings. The summed E-state index contributed by atoms with van der Waals surface area (Å²) in [5.41, 5.74) is 4.82. The summed E-state index contributed by atoms with van der Waals surface area (Å²) in [6.07, 6.45) is 9.34. The number of aliphatic hydroxyl groups excluding tert-OH is 5. The second-order valence-corrected chi connectivity index (χ2v) is 23.2. The molecular weight excluding hydrogens is 993 g/mol. The summed E-state index contributed by atoms with van der Waals surface area (Å²) in [7, 11) is -11.3. The van der Waals surface area contributed by atoms with Gasteiger partial charge in [0.2, 0.25) is 0 Å². The Balaban J connectivity index is 1.78. The van der Waals surface area contributed by atoms with Gasteiger partial charge in [0.15, 0.2) is 6.10 Å². The quantitative estimate of drug-likeness (QED) is 0.0228. The number of rotatable bonds is 23. The van der Waals surface area contributed by atoms with Gasteiger partial charge in [-0.05, 0) is 37.7 Å². The molecule has 0 aliphatic carbocycles. The van der Waals surface area contributed by atoms with Gasteiger partial charge in [-0.15, -0.1) is 0 Å². The van der Waals surface area contributed by atoms with Crippen LogP contribution in [-0.2, 0) is 46.3 Å². The Kier molecular flexibility index (Phi) is 30.9. The predicted octanol–water partition coefficient (Wildman–Crippen LogP) is 7.46. The van der Waals surface area contributed by atoms with Gasteiger partial charge < -0.3 is 55.3 Å². The molecular formula is C50H89N3O18P2. The van der Waals surface area contributed by atoms with Crippen LogP contribution in [-0.4, -0.2) is 119 Å². The number of cyclic esters (lactones) is 1. The molecule has 23 heteroatoms. The van der Waals surface area contributed by atoms with Crippen molar-refractivity contribution >= 4 is 33.4 Å². The van der Waals surface area contributed by atoms with Crippen LogP contribution in [0.1, 0.15) is 188 Å². The van der Waals surface area contributed by atoms with Crippen molar-refractivity contribution in [1.82, 2.24) is 9.55 Å². The van der Waals surface area contributed by atoms with E-state index < -0.39 is 120 Å². The predicted molar refractivity (Wildman–Crippen MR) is 272 cm³/mol. The SMILES string of the molecule is CCCCC[C@H](O)/C=C/[C@@H]1[C@H](O)[C@H](O)[C@H]2COP(=O)(O)OP(=O)(O)OC[C@H](OC(=O)CCCCCCCCCCCCCCC(C)C)COC(=O)CCCCCC[C@H]([C@H](n3ccc(N)nc3=O)O2)[C@@H](O)C[C@H]1O. The second-order valence-electron chi connectivity index (χ2n) is 20.2. The normalized spacial score (nSPS) is 30.4. The number of fused-ring (bicyclic) bond motifs is 3. The maximum atomic E-state index is 13.4. The average molecular weight is 1080 g/mol. The number of anilines is 1. The number of unbranched alkanes of at least 4 members (excludes halogenated alkanes) is 13. The lowest BCUT2D eigenvalue weighted by atomic mass is 9.82. The van der Waals surface area contributed by atoms with Gasteiger partial charge in [0, 0.05) is 37.3 Å². The first kappa shape index (κ1) is 64.7. The molecule has 73 heavy (non-hydrogen) atoms. The van der Waals surface area contributed by atoms with Crippen LogP contribution in [0, 0.1) is 17.8 Å². The van der Waals surface area contributed by atoms with Gasteiger partial charge in [-0.1, -0.05) is 148 Å². The number of carbonyl (C=O) groups excluding carboxylic acids is 2. The third-order valence-electron chi connectivity index (χ3n) is 13.4. The van der Waals surface area contributed by atoms with Crippen LogP contribution >= 0.6 is 15.6 Å². The number of aliphatic hydroxyl groups is 5. The van der Waals surface area contributed by atoms with Crippen molar-refractivity contribution in [2.45, 2.75) is 230 Å². The molecule has 9 N–H and O–H groups in total. The van der Waals surface area contributed by atoms with Crippen LogP contribution in [0.2, 0.25) is 0 Å². The molecule has 12 atom stereocenters. The highest BCUT2D eigenvalue weighted by Crippen LogP contribution is 2.60. The zero-order chi connectivity index (χ0) is 53.8. The van der Waals surface area contributed by atoms with Crippen LogP contribution in [0.5, 0.6) is 0 Å². The molecule has 1 aromatic heterocycles. The summed E-state index contributed by atoms with van der Waals surface area (Å²) in [6.45, 7) is 3.84. The highest BCUT2D eigenvalue weighted by molar-refractivity contribution is 7.61. The fourth-order valence-electron chi connectivity index (χ4n) is 9.10. The molecule has 3 rings (SSSR count). The molecule has 0 saturated carbocycles. The maximum Gasteiger partial charge on any atom is 0.481 e. The first-order valence-corrected chi connectivity index (χ1v) is 29.8. The number of hydrogen-bond donors (Lipinski definition) is 8. The van der Waals surface area contributed by atoms with Crippen LogP contribution in [0.3, 0.4) is 0 Å². The van der Waals surface area contributed by atoms with Gasteiger partial charge in [0.1, 0.15) is 30.9 Å². The highest BCUT2D eigenvalue weighted by Gasteiger charge is 2.45. The van der Waals surface area contributed by atoms with Crippen molar-refractivity contribution in [3.05, 3.63) is 34.9 Å². The minimum atomic E-state index is -5.69. The van der Waals surface area contributed by atoms with E-state index in [1.165, 1.54) is 75.8 Å². The second kappa shape index (κ2) is 34.9. The van der Waals surface area contributed by atoms with Gasteiger partial charge in [-0.3, -0.25) is 23.2 Å². The van der Waals surface area contributed by atoms with Crippen molar-refractivity contribution < 1.29 is 81.6 Å². The van der Waals surface area contributed by atoms with E-state index in [9.17, 15) is 58.8 Å². The number of nitrogens with two attached hydrogens (primary N) is 1. The molecule has 2 aliphatic rings. The zero-order valence-electron chi connectivity index (χ0n) is 43.4. The third kappa shape index (κ3) is 26.3. The molecule has 2 aliphatic heterocycles. The zero-order valence-corrected chi connectivity index (χ0v) is 45.2. The van der Waals surface area contributed by atoms with E-state index in [1.54, 1.807) is 0 Å². The molecule has 0 radical (unpaired) electrons. The fourth-order valence-corrected chi connectivity index (χ4v) is 11.2. The Hall–Kier alpha value is -2.62. The molecule has 0 amide bonds. The number of phosphoric acid groups is 2. The minimum absolute atomic E-state index is 0.0111. The van der Waals surface area contributed by atoms with Gasteiger partial charge >= 0.3 is 33.3 Å². The van der Waals surface area contributed by atoms with Crippen molar-refractivity contribution in [1.29, 1.82) is 0 Å². The maximum absolute atomic E-state index is 13.4. The van der Waals surface area contributed by atoms with Crippen molar-refractivity contribution in [3.8, 4) is 0 Å². The number of aromatic nitrogens is 2. The van der Waals surface area contributed by atoms with Gasteiger partial charge in [-0.25, -0.2) is 13.9 Å². The van der Waals surface area contributed by atoms with E-state index >= 15 is 0 Å². The Morgan fingerprint density at radius 2 is 1.42 bits per heavy atom. The van der Waals surface area contributed by atoms with Crippen LogP contribution < -0.4 is 11.4 Å². The van der Waals surface area contributed by atoms with Crippen LogP contribution in [0.15, 0.2) is 29.2 Å². The average Bonchev–Trinajstić information content (AvgIpc) is 3.31. The van der Waals surface area contributed by atoms with E-state index in [2.05, 4.69) is 23.1 Å². The summed E-state index contributed by atoms with van der Waals surface area (Å²) in [5.74, 6) is -3.22. The Bertz CT molecular complexity index is 1910. The van der Waals surface area contributed by atoms with E-state index in [0.717, 1.165) is 49.0 Å². The Labute approximate surface area is 431 Å². The third-order valence-corrected chi connectivity index (χ3v) is 16.0. The summed E-state index contributed by atoms with van der Waals surface area (Å²) < 4.78 is 59.3. The monoisotopic (exact) mass is 1080 g/mol. The van der Waals surface area contributed by atoms with E-state index in [-0.39, 0.29) is 25.1 Å². The van der Waals surface area contributed by atoms with Crippen molar-refractivity contribution in [3.63, 3.8) is 0 Å². The number of esters is 2. The van der Waals surface area contributed by atoms with Gasteiger partial charge in [0.05, 0.1) is 37.6 Å².